The van der Waals surface area contributed by atoms with Crippen LogP contribution in [0.1, 0.15) is 46.6 Å². The van der Waals surface area contributed by atoms with Crippen LogP contribution in [0.4, 0.5) is 10.5 Å². The molecule has 0 aliphatic carbocycles. The molecule has 0 aromatic heterocycles. The Balaban J connectivity index is 2.11. The molecule has 1 heterocycles. The summed E-state index contributed by atoms with van der Waals surface area (Å²) in [4.78, 5) is 25.0. The zero-order chi connectivity index (χ0) is 24.8. The van der Waals surface area contributed by atoms with Crippen LogP contribution in [-0.4, -0.2) is 67.2 Å². The largest absolute Gasteiger partial charge is 0.445 e. The molecule has 1 saturated heterocycles. The minimum Gasteiger partial charge on any atom is -0.445 e. The quantitative estimate of drug-likeness (QED) is 0.214. The average Bonchev–Trinajstić information content (AvgIpc) is 3.14. The number of benzene rings is 1. The van der Waals surface area contributed by atoms with E-state index in [1.807, 2.05) is 25.1 Å². The van der Waals surface area contributed by atoms with Gasteiger partial charge in [0.05, 0.1) is 17.1 Å². The van der Waals surface area contributed by atoms with E-state index in [-0.39, 0.29) is 29.5 Å². The fraction of sp³-hybridized carbons (Fsp3) is 0.652. The fourth-order valence-corrected chi connectivity index (χ4v) is 4.71. The number of carbonyl (C=O) groups excluding carboxylic acids is 1. The van der Waals surface area contributed by atoms with Gasteiger partial charge in [-0.3, -0.25) is 20.0 Å². The first-order valence-corrected chi connectivity index (χ1v) is 14.4. The highest BCUT2D eigenvalue weighted by Crippen LogP contribution is 2.38. The third-order valence-electron chi connectivity index (χ3n) is 6.45. The molecular weight excluding hydrogens is 440 g/mol. The van der Waals surface area contributed by atoms with Gasteiger partial charge < -0.3 is 9.16 Å². The first-order chi connectivity index (χ1) is 15.4. The van der Waals surface area contributed by atoms with Crippen LogP contribution in [0, 0.1) is 10.1 Å². The molecule has 0 N–H and O–H groups in total. The third-order valence-corrected chi connectivity index (χ3v) is 11.0. The lowest BCUT2D eigenvalue weighted by atomic mass is 10.2. The number of nitrogens with zero attached hydrogens (tertiary/aromatic N) is 4. The summed E-state index contributed by atoms with van der Waals surface area (Å²) in [7, 11) is -2.00. The second kappa shape index (κ2) is 11.1. The second-order valence-corrected chi connectivity index (χ2v) is 14.6. The number of hydrazone groups is 1. The van der Waals surface area contributed by atoms with Crippen LogP contribution in [0.25, 0.3) is 0 Å². The normalized spacial score (nSPS) is 19.2. The van der Waals surface area contributed by atoms with Crippen molar-refractivity contribution in [1.29, 1.82) is 0 Å². The Labute approximate surface area is 198 Å². The topological polar surface area (TPSA) is 97.5 Å². The molecular formula is C23H38N4O5Si. The molecule has 184 valence electrons. The molecule has 9 nitrogen and oxygen atoms in total. The van der Waals surface area contributed by atoms with E-state index in [1.165, 1.54) is 12.1 Å². The number of hydrogen-bond acceptors (Lipinski definition) is 7. The van der Waals surface area contributed by atoms with E-state index >= 15 is 0 Å². The van der Waals surface area contributed by atoms with E-state index in [0.29, 0.717) is 18.5 Å². The Kier molecular flexibility index (Phi) is 9.02. The van der Waals surface area contributed by atoms with Gasteiger partial charge in [-0.15, -0.1) is 0 Å². The summed E-state index contributed by atoms with van der Waals surface area (Å²) in [5, 5.41) is 17.4. The van der Waals surface area contributed by atoms with Crippen molar-refractivity contribution in [3.05, 3.63) is 39.9 Å². The minimum absolute atomic E-state index is 0.00270. The molecule has 33 heavy (non-hydrogen) atoms. The van der Waals surface area contributed by atoms with Gasteiger partial charge in [-0.25, -0.2) is 4.79 Å². The molecule has 1 aromatic rings. The fourth-order valence-electron chi connectivity index (χ4n) is 3.36. The van der Waals surface area contributed by atoms with Crippen molar-refractivity contribution in [2.45, 2.75) is 77.9 Å². The number of nitro benzene ring substituents is 1. The van der Waals surface area contributed by atoms with Crippen LogP contribution in [0.3, 0.4) is 0 Å². The Hall–Kier alpha value is -2.46. The number of nitro groups is 1. The maximum Gasteiger partial charge on any atom is 0.410 e. The number of hydrogen-bond donors (Lipinski definition) is 0. The Morgan fingerprint density at radius 2 is 1.88 bits per heavy atom. The van der Waals surface area contributed by atoms with Crippen molar-refractivity contribution in [3.8, 4) is 0 Å². The van der Waals surface area contributed by atoms with Crippen LogP contribution in [0.15, 0.2) is 29.4 Å². The van der Waals surface area contributed by atoms with Crippen LogP contribution in [-0.2, 0) is 15.8 Å². The molecule has 1 aliphatic rings. The van der Waals surface area contributed by atoms with E-state index in [0.717, 1.165) is 13.1 Å². The van der Waals surface area contributed by atoms with Gasteiger partial charge in [0.25, 0.3) is 5.69 Å². The number of amides is 1. The zero-order valence-electron chi connectivity index (χ0n) is 20.9. The highest BCUT2D eigenvalue weighted by Gasteiger charge is 2.43. The SMILES string of the molecule is CCN(CC)N=C[C@@H]1C[C@@H](O[Si](C)(C)C(C)(C)C)CN1C(=O)OCc1ccc([N+](=O)[O-])cc1. The third kappa shape index (κ3) is 7.26. The van der Waals surface area contributed by atoms with Crippen LogP contribution < -0.4 is 0 Å². The monoisotopic (exact) mass is 478 g/mol. The average molecular weight is 479 g/mol. The molecule has 2 atom stereocenters. The summed E-state index contributed by atoms with van der Waals surface area (Å²) in [6.07, 6.45) is 1.97. The summed E-state index contributed by atoms with van der Waals surface area (Å²) < 4.78 is 12.1. The van der Waals surface area contributed by atoms with E-state index in [2.05, 4.69) is 39.0 Å². The molecule has 0 radical (unpaired) electrons. The van der Waals surface area contributed by atoms with Gasteiger partial charge in [0.2, 0.25) is 0 Å². The molecule has 1 aromatic carbocycles. The molecule has 10 heteroatoms. The summed E-state index contributed by atoms with van der Waals surface area (Å²) in [6, 6.07) is 5.78. The van der Waals surface area contributed by atoms with E-state index in [4.69, 9.17) is 9.16 Å². The Morgan fingerprint density at radius 3 is 2.39 bits per heavy atom. The number of non-ortho nitro benzene ring substituents is 1. The van der Waals surface area contributed by atoms with Gasteiger partial charge >= 0.3 is 6.09 Å². The molecule has 0 unspecified atom stereocenters. The molecule has 0 saturated carbocycles. The smallest absolute Gasteiger partial charge is 0.410 e. The zero-order valence-corrected chi connectivity index (χ0v) is 21.9. The number of rotatable bonds is 9. The van der Waals surface area contributed by atoms with Gasteiger partial charge in [0.1, 0.15) is 6.61 Å². The van der Waals surface area contributed by atoms with Gasteiger partial charge in [0.15, 0.2) is 8.32 Å². The number of ether oxygens (including phenoxy) is 1. The molecule has 0 bridgehead atoms. The first kappa shape index (κ1) is 26.8. The number of likely N-dealkylation sites (tertiary alicyclic amines) is 1. The van der Waals surface area contributed by atoms with Gasteiger partial charge in [0, 0.05) is 38.0 Å². The van der Waals surface area contributed by atoms with E-state index in [9.17, 15) is 14.9 Å². The van der Waals surface area contributed by atoms with Crippen molar-refractivity contribution in [1.82, 2.24) is 9.91 Å². The summed E-state index contributed by atoms with van der Waals surface area (Å²) >= 11 is 0. The standard InChI is InChI=1S/C23H38N4O5Si/c1-8-25(9-2)24-15-20-14-21(32-33(6,7)23(3,4)5)16-26(20)22(28)31-17-18-10-12-19(13-11-18)27(29)30/h10-13,15,20-21H,8-9,14,16-17H2,1-7H3/t20-,21+/m0/s1. The van der Waals surface area contributed by atoms with Crippen molar-refractivity contribution in [2.24, 2.45) is 5.10 Å². The lowest BCUT2D eigenvalue weighted by Gasteiger charge is -2.38. The van der Waals surface area contributed by atoms with E-state index < -0.39 is 19.3 Å². The summed E-state index contributed by atoms with van der Waals surface area (Å²) in [5.74, 6) is 0. The van der Waals surface area contributed by atoms with Crippen molar-refractivity contribution >= 4 is 26.3 Å². The van der Waals surface area contributed by atoms with Crippen LogP contribution in [0.5, 0.6) is 0 Å². The van der Waals surface area contributed by atoms with E-state index in [1.54, 1.807) is 17.0 Å². The van der Waals surface area contributed by atoms with Crippen LogP contribution in [0.2, 0.25) is 18.1 Å². The Morgan fingerprint density at radius 1 is 1.27 bits per heavy atom. The molecule has 2 rings (SSSR count). The molecule has 0 spiro atoms. The maximum absolute atomic E-state index is 13.0. The summed E-state index contributed by atoms with van der Waals surface area (Å²) in [6.45, 7) is 17.1. The minimum atomic E-state index is -2.00. The predicted molar refractivity (Wildman–Crippen MR) is 132 cm³/mol. The molecule has 1 amide bonds. The van der Waals surface area contributed by atoms with Crippen molar-refractivity contribution in [2.75, 3.05) is 19.6 Å². The Bertz CT molecular complexity index is 834. The van der Waals surface area contributed by atoms with Crippen molar-refractivity contribution < 1.29 is 18.9 Å². The second-order valence-electron chi connectivity index (χ2n) is 9.84. The predicted octanol–water partition coefficient (Wildman–Crippen LogP) is 5.02. The highest BCUT2D eigenvalue weighted by atomic mass is 28.4. The van der Waals surface area contributed by atoms with Gasteiger partial charge in [-0.2, -0.15) is 5.10 Å². The van der Waals surface area contributed by atoms with Crippen LogP contribution >= 0.6 is 0 Å². The lowest BCUT2D eigenvalue weighted by molar-refractivity contribution is -0.384. The van der Waals surface area contributed by atoms with Gasteiger partial charge in [-0.05, 0) is 56.1 Å². The number of carbonyl (C=O) groups is 1. The van der Waals surface area contributed by atoms with Crippen molar-refractivity contribution in [3.63, 3.8) is 0 Å². The summed E-state index contributed by atoms with van der Waals surface area (Å²) in [5.41, 5.74) is 0.693. The molecule has 1 aliphatic heterocycles. The van der Waals surface area contributed by atoms with Gasteiger partial charge in [-0.1, -0.05) is 20.8 Å². The molecule has 1 fully saturated rings. The lowest BCUT2D eigenvalue weighted by Crippen LogP contribution is -2.44. The maximum atomic E-state index is 13.0. The first-order valence-electron chi connectivity index (χ1n) is 11.5. The highest BCUT2D eigenvalue weighted by molar-refractivity contribution is 6.74.